The standard InChI is InChI=1S/C24H33NO/c1-23-11-4-3-6-17(23)8-9-19-20(23)10-12-24(2)21(19)15-16(22(24)26)14-18-7-5-13-25-18/h5,7,13-14,17,19-21,25H,3-4,6,8-12,15H2,1-2H3/b16-14+/t17-,19-,20+,21+,23+,24+/m1/s1. The van der Waals surface area contributed by atoms with Crippen molar-refractivity contribution in [3.05, 3.63) is 29.6 Å². The van der Waals surface area contributed by atoms with Gasteiger partial charge in [-0.15, -0.1) is 0 Å². The highest BCUT2D eigenvalue weighted by molar-refractivity contribution is 6.05. The fourth-order valence-electron chi connectivity index (χ4n) is 7.72. The summed E-state index contributed by atoms with van der Waals surface area (Å²) in [6, 6.07) is 4.09. The van der Waals surface area contributed by atoms with Gasteiger partial charge in [0.15, 0.2) is 5.78 Å². The van der Waals surface area contributed by atoms with Crippen LogP contribution in [0.4, 0.5) is 0 Å². The first kappa shape index (κ1) is 16.8. The average Bonchev–Trinajstić information content (AvgIpc) is 3.23. The molecule has 0 radical (unpaired) electrons. The fourth-order valence-corrected chi connectivity index (χ4v) is 7.72. The fraction of sp³-hybridized carbons (Fsp3) is 0.708. The molecule has 140 valence electrons. The Bertz CT molecular complexity index is 731. The van der Waals surface area contributed by atoms with Gasteiger partial charge in [0.2, 0.25) is 0 Å². The molecule has 0 bridgehead atoms. The summed E-state index contributed by atoms with van der Waals surface area (Å²) >= 11 is 0. The highest BCUT2D eigenvalue weighted by Crippen LogP contribution is 2.66. The summed E-state index contributed by atoms with van der Waals surface area (Å²) < 4.78 is 0. The first-order valence-corrected chi connectivity index (χ1v) is 10.9. The van der Waals surface area contributed by atoms with Crippen LogP contribution >= 0.6 is 0 Å². The molecule has 2 heteroatoms. The minimum absolute atomic E-state index is 0.0997. The Morgan fingerprint density at radius 3 is 2.77 bits per heavy atom. The molecule has 1 aromatic heterocycles. The van der Waals surface area contributed by atoms with Gasteiger partial charge in [0.05, 0.1) is 0 Å². The highest BCUT2D eigenvalue weighted by Gasteiger charge is 2.60. The van der Waals surface area contributed by atoms with Crippen molar-refractivity contribution in [2.24, 2.45) is 34.5 Å². The lowest BCUT2D eigenvalue weighted by Gasteiger charge is -2.59. The van der Waals surface area contributed by atoms with Crippen molar-refractivity contribution >= 4 is 11.9 Å². The number of allylic oxidation sites excluding steroid dienone is 1. The van der Waals surface area contributed by atoms with Crippen molar-refractivity contribution in [2.45, 2.75) is 71.6 Å². The number of H-pyrrole nitrogens is 1. The van der Waals surface area contributed by atoms with Gasteiger partial charge < -0.3 is 4.98 Å². The summed E-state index contributed by atoms with van der Waals surface area (Å²) in [6.45, 7) is 4.91. The Kier molecular flexibility index (Phi) is 3.78. The van der Waals surface area contributed by atoms with E-state index in [1.54, 1.807) is 0 Å². The Morgan fingerprint density at radius 1 is 1.08 bits per heavy atom. The molecule has 1 N–H and O–H groups in total. The molecule has 0 amide bonds. The lowest BCUT2D eigenvalue weighted by atomic mass is 9.45. The van der Waals surface area contributed by atoms with Gasteiger partial charge in [-0.3, -0.25) is 4.79 Å². The van der Waals surface area contributed by atoms with Crippen molar-refractivity contribution < 1.29 is 4.79 Å². The van der Waals surface area contributed by atoms with Crippen molar-refractivity contribution in [1.29, 1.82) is 0 Å². The molecule has 0 unspecified atom stereocenters. The largest absolute Gasteiger partial charge is 0.362 e. The maximum Gasteiger partial charge on any atom is 0.165 e. The Hall–Kier alpha value is -1.31. The molecule has 5 rings (SSSR count). The normalized spacial score (nSPS) is 46.7. The number of aromatic amines is 1. The van der Waals surface area contributed by atoms with Crippen LogP contribution in [0.3, 0.4) is 0 Å². The molecule has 0 aromatic carbocycles. The topological polar surface area (TPSA) is 32.9 Å². The molecule has 2 nitrogen and oxygen atoms in total. The van der Waals surface area contributed by atoms with Gasteiger partial charge in [0.25, 0.3) is 0 Å². The van der Waals surface area contributed by atoms with Gasteiger partial charge in [0.1, 0.15) is 0 Å². The van der Waals surface area contributed by atoms with Gasteiger partial charge in [-0.05, 0) is 97.8 Å². The van der Waals surface area contributed by atoms with Crippen molar-refractivity contribution in [3.8, 4) is 0 Å². The predicted octanol–water partition coefficient (Wildman–Crippen LogP) is 6.01. The first-order valence-electron chi connectivity index (χ1n) is 10.9. The number of hydrogen-bond acceptors (Lipinski definition) is 1. The molecule has 4 fully saturated rings. The van der Waals surface area contributed by atoms with E-state index in [-0.39, 0.29) is 5.41 Å². The number of Topliss-reactive ketones (excluding diaryl/α,β-unsaturated/α-hetero) is 1. The van der Waals surface area contributed by atoms with Crippen molar-refractivity contribution in [3.63, 3.8) is 0 Å². The SMILES string of the molecule is C[C@]12CCCC[C@@H]1CC[C@@H]1[C@@H]2CC[C@]2(C)C(=O)/C(=C/c3ccc[nH]3)C[C@@H]12. The third kappa shape index (κ3) is 2.26. The zero-order valence-corrected chi connectivity index (χ0v) is 16.4. The maximum atomic E-state index is 13.3. The number of nitrogens with one attached hydrogen (secondary N) is 1. The van der Waals surface area contributed by atoms with Gasteiger partial charge in [-0.1, -0.05) is 26.7 Å². The molecular formula is C24H33NO. The predicted molar refractivity (Wildman–Crippen MR) is 106 cm³/mol. The van der Waals surface area contributed by atoms with Crippen molar-refractivity contribution in [2.75, 3.05) is 0 Å². The van der Waals surface area contributed by atoms with Crippen LogP contribution in [0.25, 0.3) is 6.08 Å². The van der Waals surface area contributed by atoms with Crippen molar-refractivity contribution in [1.82, 2.24) is 4.98 Å². The van der Waals surface area contributed by atoms with E-state index in [4.69, 9.17) is 0 Å². The van der Waals surface area contributed by atoms with Crippen LogP contribution in [0.2, 0.25) is 0 Å². The molecule has 26 heavy (non-hydrogen) atoms. The van der Waals surface area contributed by atoms with E-state index >= 15 is 0 Å². The summed E-state index contributed by atoms with van der Waals surface area (Å²) in [7, 11) is 0. The highest BCUT2D eigenvalue weighted by atomic mass is 16.1. The number of rotatable bonds is 1. The summed E-state index contributed by atoms with van der Waals surface area (Å²) in [5.41, 5.74) is 2.61. The smallest absolute Gasteiger partial charge is 0.165 e. The molecule has 4 aliphatic carbocycles. The van der Waals surface area contributed by atoms with Gasteiger partial charge >= 0.3 is 0 Å². The minimum atomic E-state index is -0.0997. The number of fused-ring (bicyclic) bond motifs is 5. The van der Waals surface area contributed by atoms with E-state index in [0.717, 1.165) is 41.9 Å². The molecule has 4 aliphatic rings. The van der Waals surface area contributed by atoms with Crippen LogP contribution in [0, 0.1) is 34.5 Å². The Balaban J connectivity index is 1.47. The van der Waals surface area contributed by atoms with Crippen LogP contribution < -0.4 is 0 Å². The second-order valence-corrected chi connectivity index (χ2v) is 10.2. The molecule has 0 saturated heterocycles. The van der Waals surface area contributed by atoms with E-state index in [9.17, 15) is 4.79 Å². The third-order valence-corrected chi connectivity index (χ3v) is 9.17. The molecule has 0 aliphatic heterocycles. The number of carbonyl (C=O) groups is 1. The van der Waals surface area contributed by atoms with Crippen LogP contribution in [0.15, 0.2) is 23.9 Å². The quantitative estimate of drug-likeness (QED) is 0.617. The van der Waals surface area contributed by atoms with Gasteiger partial charge in [-0.2, -0.15) is 0 Å². The first-order chi connectivity index (χ1) is 12.5. The lowest BCUT2D eigenvalue weighted by molar-refractivity contribution is -0.137. The minimum Gasteiger partial charge on any atom is -0.362 e. The number of aromatic nitrogens is 1. The maximum absolute atomic E-state index is 13.3. The van der Waals surface area contributed by atoms with Gasteiger partial charge in [0, 0.05) is 17.3 Å². The second kappa shape index (κ2) is 5.84. The second-order valence-electron chi connectivity index (χ2n) is 10.2. The molecule has 4 saturated carbocycles. The molecule has 1 heterocycles. The Morgan fingerprint density at radius 2 is 1.96 bits per heavy atom. The summed E-state index contributed by atoms with van der Waals surface area (Å²) in [5, 5.41) is 0. The monoisotopic (exact) mass is 351 g/mol. The van der Waals surface area contributed by atoms with E-state index in [1.807, 2.05) is 12.3 Å². The number of hydrogen-bond donors (Lipinski definition) is 1. The molecule has 6 atom stereocenters. The lowest BCUT2D eigenvalue weighted by Crippen LogP contribution is -2.52. The summed E-state index contributed by atoms with van der Waals surface area (Å²) in [4.78, 5) is 16.6. The average molecular weight is 352 g/mol. The van der Waals surface area contributed by atoms with Crippen LogP contribution in [0.5, 0.6) is 0 Å². The van der Waals surface area contributed by atoms with Crippen LogP contribution in [0.1, 0.15) is 77.3 Å². The molecule has 0 spiro atoms. The zero-order valence-electron chi connectivity index (χ0n) is 16.4. The van der Waals surface area contributed by atoms with Crippen LogP contribution in [-0.2, 0) is 4.79 Å². The Labute approximate surface area is 157 Å². The van der Waals surface area contributed by atoms with E-state index in [2.05, 4.69) is 31.0 Å². The van der Waals surface area contributed by atoms with E-state index < -0.39 is 0 Å². The molecular weight excluding hydrogens is 318 g/mol. The molecule has 1 aromatic rings. The van der Waals surface area contributed by atoms with Crippen LogP contribution in [-0.4, -0.2) is 10.8 Å². The zero-order chi connectivity index (χ0) is 17.9. The van der Waals surface area contributed by atoms with E-state index in [1.165, 1.54) is 44.9 Å². The number of ketones is 1. The number of carbonyl (C=O) groups excluding carboxylic acids is 1. The van der Waals surface area contributed by atoms with Gasteiger partial charge in [-0.25, -0.2) is 0 Å². The summed E-state index contributed by atoms with van der Waals surface area (Å²) in [5.74, 6) is 3.61. The third-order valence-electron chi connectivity index (χ3n) is 9.17. The summed E-state index contributed by atoms with van der Waals surface area (Å²) in [6.07, 6.45) is 16.0. The van der Waals surface area contributed by atoms with E-state index in [0.29, 0.717) is 17.1 Å².